The molecule has 0 aliphatic carbocycles. The monoisotopic (exact) mass is 645 g/mol. The second-order valence-corrected chi connectivity index (χ2v) is 10.6. The van der Waals surface area contributed by atoms with Crippen LogP contribution in [0, 0.1) is 10.1 Å². The van der Waals surface area contributed by atoms with Crippen LogP contribution < -0.4 is 15.0 Å². The molecule has 1 aromatic heterocycles. The number of alkyl halides is 1. The van der Waals surface area contributed by atoms with E-state index in [1.54, 1.807) is 6.07 Å². The van der Waals surface area contributed by atoms with Crippen molar-refractivity contribution in [3.05, 3.63) is 74.4 Å². The van der Waals surface area contributed by atoms with E-state index in [2.05, 4.69) is 30.5 Å². The first-order valence-corrected chi connectivity index (χ1v) is 14.5. The Morgan fingerprint density at radius 1 is 1.35 bits per heavy atom. The van der Waals surface area contributed by atoms with Gasteiger partial charge in [-0.15, -0.1) is 0 Å². The molecule has 0 saturated carbocycles. The van der Waals surface area contributed by atoms with Crippen LogP contribution in [0.4, 0.5) is 5.69 Å². The zero-order valence-corrected chi connectivity index (χ0v) is 23.4. The third-order valence-corrected chi connectivity index (χ3v) is 6.83. The highest BCUT2D eigenvalue weighted by atomic mass is 79.9. The van der Waals surface area contributed by atoms with Gasteiger partial charge in [-0.05, 0) is 36.6 Å². The molecular formula is C22H27BrN6O10P+. The summed E-state index contributed by atoms with van der Waals surface area (Å²) >= 11 is 3.33. The Morgan fingerprint density at radius 3 is 2.77 bits per heavy atom. The zero-order valence-electron chi connectivity index (χ0n) is 20.9. The van der Waals surface area contributed by atoms with Crippen LogP contribution in [0.2, 0.25) is 0 Å². The van der Waals surface area contributed by atoms with Crippen molar-refractivity contribution >= 4 is 35.3 Å². The summed E-state index contributed by atoms with van der Waals surface area (Å²) in [5, 5.41) is 16.3. The maximum absolute atomic E-state index is 11.8. The molecule has 1 aromatic carbocycles. The third-order valence-electron chi connectivity index (χ3n) is 5.79. The number of phosphoric ester groups is 1. The molecule has 1 saturated heterocycles. The Labute approximate surface area is 236 Å². The van der Waals surface area contributed by atoms with E-state index in [9.17, 15) is 25.0 Å². The summed E-state index contributed by atoms with van der Waals surface area (Å²) in [7, 11) is -4.91. The Kier molecular flexibility index (Phi) is 11.4. The highest BCUT2D eigenvalue weighted by molar-refractivity contribution is 9.09. The van der Waals surface area contributed by atoms with Gasteiger partial charge in [-0.2, -0.15) is 4.57 Å². The maximum Gasteiger partial charge on any atom is 0.469 e. The smallest absolute Gasteiger partial charge is 0.469 e. The van der Waals surface area contributed by atoms with Crippen molar-refractivity contribution in [2.24, 2.45) is 10.8 Å². The number of unbranched alkanes of at least 4 members (excludes halogenated alkanes) is 1. The Hall–Kier alpha value is -3.14. The lowest BCUT2D eigenvalue weighted by Gasteiger charge is -2.19. The summed E-state index contributed by atoms with van der Waals surface area (Å²) in [6.45, 7) is -0.612. The van der Waals surface area contributed by atoms with Crippen molar-refractivity contribution in [2.45, 2.75) is 43.9 Å². The fraction of sp³-hybridized carbons (Fsp3) is 0.455. The van der Waals surface area contributed by atoms with E-state index < -0.39 is 49.7 Å². The van der Waals surface area contributed by atoms with Gasteiger partial charge in [-0.3, -0.25) is 19.4 Å². The van der Waals surface area contributed by atoms with Gasteiger partial charge >= 0.3 is 7.82 Å². The van der Waals surface area contributed by atoms with Gasteiger partial charge in [-0.25, -0.2) is 4.57 Å². The summed E-state index contributed by atoms with van der Waals surface area (Å²) in [6, 6.07) is 6.10. The Bertz CT molecular complexity index is 1310. The summed E-state index contributed by atoms with van der Waals surface area (Å²) < 4.78 is 34.8. The molecule has 0 unspecified atom stereocenters. The van der Waals surface area contributed by atoms with E-state index in [1.165, 1.54) is 41.2 Å². The summed E-state index contributed by atoms with van der Waals surface area (Å²) in [5.74, 6) is -0.421. The summed E-state index contributed by atoms with van der Waals surface area (Å²) in [5.41, 5.74) is 14.6. The van der Waals surface area contributed by atoms with Gasteiger partial charge in [0.25, 0.3) is 17.8 Å². The van der Waals surface area contributed by atoms with Crippen molar-refractivity contribution in [3.63, 3.8) is 0 Å². The topological polar surface area (TPSA) is 233 Å². The molecule has 216 valence electrons. The maximum atomic E-state index is 11.8. The van der Waals surface area contributed by atoms with Crippen molar-refractivity contribution in [3.8, 4) is 5.75 Å². The number of carbonyl (C=O) groups excluding carboxylic acids is 1. The van der Waals surface area contributed by atoms with Crippen LogP contribution in [-0.4, -0.2) is 57.4 Å². The molecule has 0 bridgehead atoms. The van der Waals surface area contributed by atoms with Crippen LogP contribution in [0.5, 0.6) is 5.75 Å². The van der Waals surface area contributed by atoms with Crippen LogP contribution in [0.25, 0.3) is 10.4 Å². The lowest BCUT2D eigenvalue weighted by Crippen LogP contribution is -2.47. The average Bonchev–Trinajstić information content (AvgIpc) is 3.26. The minimum atomic E-state index is -4.91. The first-order valence-electron chi connectivity index (χ1n) is 11.8. The molecule has 16 nitrogen and oxygen atoms in total. The number of benzene rings is 1. The van der Waals surface area contributed by atoms with Gasteiger partial charge in [0.15, 0.2) is 18.5 Å². The highest BCUT2D eigenvalue weighted by Crippen LogP contribution is 2.39. The van der Waals surface area contributed by atoms with E-state index in [4.69, 9.17) is 29.7 Å². The average molecular weight is 646 g/mol. The second kappa shape index (κ2) is 14.5. The van der Waals surface area contributed by atoms with E-state index in [0.717, 1.165) is 18.2 Å². The number of pyridine rings is 1. The number of nitro groups is 1. The molecule has 2 aromatic rings. The number of nitro benzene ring substituents is 1. The Balaban J connectivity index is 1.90. The van der Waals surface area contributed by atoms with Crippen LogP contribution in [0.1, 0.15) is 35.0 Å². The molecule has 3 rings (SSSR count). The predicted molar refractivity (Wildman–Crippen MR) is 140 cm³/mol. The summed E-state index contributed by atoms with van der Waals surface area (Å²) in [4.78, 5) is 44.0. The van der Waals surface area contributed by atoms with E-state index in [-0.39, 0.29) is 23.4 Å². The minimum Gasteiger partial charge on any atom is -0.493 e. The molecule has 40 heavy (non-hydrogen) atoms. The second-order valence-electron chi connectivity index (χ2n) is 8.52. The van der Waals surface area contributed by atoms with Gasteiger partial charge in [-0.1, -0.05) is 21.0 Å². The van der Waals surface area contributed by atoms with Crippen molar-refractivity contribution in [1.29, 1.82) is 0 Å². The fourth-order valence-corrected chi connectivity index (χ4v) is 4.68. The molecule has 0 spiro atoms. The van der Waals surface area contributed by atoms with Gasteiger partial charge in [0.2, 0.25) is 0 Å². The van der Waals surface area contributed by atoms with Crippen LogP contribution in [0.15, 0.2) is 47.8 Å². The van der Waals surface area contributed by atoms with Crippen LogP contribution in [0.3, 0.4) is 0 Å². The quantitative estimate of drug-likeness (QED) is 0.0295. The molecule has 1 aliphatic heterocycles. The van der Waals surface area contributed by atoms with Gasteiger partial charge in [0.1, 0.15) is 17.4 Å². The number of nitrogens with zero attached hydrogens (tertiary/aromatic N) is 5. The highest BCUT2D eigenvalue weighted by Gasteiger charge is 2.51. The van der Waals surface area contributed by atoms with Gasteiger partial charge < -0.3 is 29.7 Å². The normalized spacial score (nSPS) is 20.6. The molecule has 1 amide bonds. The first kappa shape index (κ1) is 31.4. The SMILES string of the molecule is [N-]=[N+]=N[C@H]1[C@@H](OCc2ccc(OCCCCBr)cc2[N+](=O)[O-])[C@H]([n+]2cccc(C(N)=O)c2)O[C@@H]1COP(=O)(O)O. The number of hydrogen-bond donors (Lipinski definition) is 3. The molecule has 4 atom stereocenters. The number of rotatable bonds is 15. The van der Waals surface area contributed by atoms with E-state index in [1.807, 2.05) is 0 Å². The van der Waals surface area contributed by atoms with Gasteiger partial charge in [0.05, 0.1) is 42.5 Å². The molecule has 1 fully saturated rings. The lowest BCUT2D eigenvalue weighted by atomic mass is 10.1. The fourth-order valence-electron chi connectivity index (χ4n) is 3.94. The molecule has 2 heterocycles. The van der Waals surface area contributed by atoms with Crippen molar-refractivity contribution in [2.75, 3.05) is 18.5 Å². The number of halogens is 1. The number of amides is 1. The molecular weight excluding hydrogens is 619 g/mol. The zero-order chi connectivity index (χ0) is 29.3. The predicted octanol–water partition coefficient (Wildman–Crippen LogP) is 2.81. The number of phosphoric acid groups is 1. The standard InChI is InChI=1S/C22H26BrN6O10P/c23-7-1-2-9-36-16-6-5-15(17(10-16)29(31)32)12-37-20-19(26-27-25)18(13-38-40(33,34)35)39-22(20)28-8-3-4-14(11-28)21(24)30/h3-6,8,10-11,18-20,22H,1-2,7,9,12-13H2,(H3-,24,30,33,34,35)/p+1/t18-,19-,20-,22-/m1/s1. The number of primary amides is 1. The molecule has 4 N–H and O–H groups in total. The van der Waals surface area contributed by atoms with Crippen molar-refractivity contribution < 1.29 is 47.4 Å². The van der Waals surface area contributed by atoms with Crippen molar-refractivity contribution in [1.82, 2.24) is 0 Å². The van der Waals surface area contributed by atoms with Crippen LogP contribution in [-0.2, 0) is 25.2 Å². The number of hydrogen-bond acceptors (Lipinski definition) is 9. The molecule has 0 radical (unpaired) electrons. The number of nitrogens with two attached hydrogens (primary N) is 1. The van der Waals surface area contributed by atoms with Gasteiger partial charge in [0, 0.05) is 16.3 Å². The minimum absolute atomic E-state index is 0.113. The summed E-state index contributed by atoms with van der Waals surface area (Å²) in [6.07, 6.45) is 1.09. The van der Waals surface area contributed by atoms with Crippen LogP contribution >= 0.6 is 23.8 Å². The van der Waals surface area contributed by atoms with E-state index in [0.29, 0.717) is 12.4 Å². The number of azide groups is 1. The third kappa shape index (κ3) is 8.68. The Morgan fingerprint density at radius 2 is 2.12 bits per heavy atom. The molecule has 1 aliphatic rings. The number of aromatic nitrogens is 1. The van der Waals surface area contributed by atoms with E-state index >= 15 is 0 Å². The number of ether oxygens (including phenoxy) is 3. The largest absolute Gasteiger partial charge is 0.493 e. The number of carbonyl (C=O) groups is 1. The lowest BCUT2D eigenvalue weighted by molar-refractivity contribution is -0.766. The first-order chi connectivity index (χ1) is 19.0. The molecule has 18 heteroatoms.